The summed E-state index contributed by atoms with van der Waals surface area (Å²) < 4.78 is 5.25. The number of nitro groups is 1. The molecule has 136 valence electrons. The fourth-order valence-corrected chi connectivity index (χ4v) is 2.99. The van der Waals surface area contributed by atoms with Gasteiger partial charge >= 0.3 is 0 Å². The Balaban J connectivity index is 1.69. The van der Waals surface area contributed by atoms with Crippen LogP contribution >= 0.6 is 0 Å². The molecular weight excluding hydrogens is 336 g/mol. The van der Waals surface area contributed by atoms with Crippen molar-refractivity contribution in [3.05, 3.63) is 58.1 Å². The Labute approximate surface area is 150 Å². The summed E-state index contributed by atoms with van der Waals surface area (Å²) in [7, 11) is 1.63. The summed E-state index contributed by atoms with van der Waals surface area (Å²) in [6, 6.07) is 11.9. The van der Waals surface area contributed by atoms with Gasteiger partial charge in [0.2, 0.25) is 0 Å². The van der Waals surface area contributed by atoms with Crippen LogP contribution in [0.3, 0.4) is 0 Å². The van der Waals surface area contributed by atoms with Gasteiger partial charge in [-0.1, -0.05) is 6.07 Å². The quantitative estimate of drug-likeness (QED) is 0.512. The SMILES string of the molecule is COc1cccc(N2CCN(C(=O)c3ccc(N)c([N+](=O)[O-])c3)CC2)c1. The van der Waals surface area contributed by atoms with Crippen molar-refractivity contribution in [3.63, 3.8) is 0 Å². The maximum Gasteiger partial charge on any atom is 0.292 e. The summed E-state index contributed by atoms with van der Waals surface area (Å²) >= 11 is 0. The molecule has 0 bridgehead atoms. The summed E-state index contributed by atoms with van der Waals surface area (Å²) in [6.45, 7) is 2.42. The second kappa shape index (κ2) is 7.30. The van der Waals surface area contributed by atoms with Crippen LogP contribution in [0.4, 0.5) is 17.1 Å². The van der Waals surface area contributed by atoms with Gasteiger partial charge in [-0.3, -0.25) is 14.9 Å². The lowest BCUT2D eigenvalue weighted by Gasteiger charge is -2.36. The number of nitrogens with two attached hydrogens (primary N) is 1. The summed E-state index contributed by atoms with van der Waals surface area (Å²) in [6.07, 6.45) is 0. The molecule has 1 heterocycles. The monoisotopic (exact) mass is 356 g/mol. The van der Waals surface area contributed by atoms with E-state index in [1.165, 1.54) is 18.2 Å². The predicted molar refractivity (Wildman–Crippen MR) is 98.6 cm³/mol. The van der Waals surface area contributed by atoms with E-state index in [1.807, 2.05) is 24.3 Å². The van der Waals surface area contributed by atoms with Crippen LogP contribution in [-0.4, -0.2) is 49.0 Å². The molecule has 0 aliphatic carbocycles. The third kappa shape index (κ3) is 3.53. The highest BCUT2D eigenvalue weighted by atomic mass is 16.6. The number of amides is 1. The van der Waals surface area contributed by atoms with E-state index in [-0.39, 0.29) is 22.8 Å². The number of nitrogen functional groups attached to an aromatic ring is 1. The molecule has 8 heteroatoms. The molecule has 26 heavy (non-hydrogen) atoms. The lowest BCUT2D eigenvalue weighted by atomic mass is 10.1. The normalized spacial score (nSPS) is 14.2. The minimum atomic E-state index is -0.577. The van der Waals surface area contributed by atoms with Gasteiger partial charge in [-0.15, -0.1) is 0 Å². The Morgan fingerprint density at radius 3 is 2.54 bits per heavy atom. The van der Waals surface area contributed by atoms with Crippen molar-refractivity contribution in [1.82, 2.24) is 4.90 Å². The number of carbonyl (C=O) groups is 1. The fourth-order valence-electron chi connectivity index (χ4n) is 2.99. The predicted octanol–water partition coefficient (Wildman–Crippen LogP) is 2.15. The number of carbonyl (C=O) groups excluding carboxylic acids is 1. The largest absolute Gasteiger partial charge is 0.497 e. The highest BCUT2D eigenvalue weighted by molar-refractivity contribution is 5.95. The molecule has 0 unspecified atom stereocenters. The van der Waals surface area contributed by atoms with E-state index in [1.54, 1.807) is 12.0 Å². The molecule has 1 saturated heterocycles. The molecule has 3 rings (SSSR count). The Kier molecular flexibility index (Phi) is 4.92. The Hall–Kier alpha value is -3.29. The zero-order chi connectivity index (χ0) is 18.7. The first kappa shape index (κ1) is 17.5. The number of hydrogen-bond donors (Lipinski definition) is 1. The molecule has 2 aromatic carbocycles. The van der Waals surface area contributed by atoms with E-state index < -0.39 is 4.92 Å². The van der Waals surface area contributed by atoms with Crippen molar-refractivity contribution in [2.75, 3.05) is 43.9 Å². The van der Waals surface area contributed by atoms with Crippen LogP contribution < -0.4 is 15.4 Å². The molecule has 1 aliphatic rings. The van der Waals surface area contributed by atoms with Gasteiger partial charge in [-0.05, 0) is 24.3 Å². The van der Waals surface area contributed by atoms with Crippen LogP contribution in [0, 0.1) is 10.1 Å². The van der Waals surface area contributed by atoms with Crippen molar-refractivity contribution in [1.29, 1.82) is 0 Å². The van der Waals surface area contributed by atoms with Crippen molar-refractivity contribution >= 4 is 23.0 Å². The van der Waals surface area contributed by atoms with E-state index in [4.69, 9.17) is 10.5 Å². The van der Waals surface area contributed by atoms with Crippen molar-refractivity contribution < 1.29 is 14.5 Å². The summed E-state index contributed by atoms with van der Waals surface area (Å²) in [5.74, 6) is 0.564. The molecule has 1 aliphatic heterocycles. The maximum absolute atomic E-state index is 12.7. The number of anilines is 2. The third-order valence-electron chi connectivity index (χ3n) is 4.46. The van der Waals surface area contributed by atoms with E-state index in [2.05, 4.69) is 4.90 Å². The molecule has 0 aromatic heterocycles. The molecule has 0 radical (unpaired) electrons. The number of nitrogens with zero attached hydrogens (tertiary/aromatic N) is 3. The molecule has 1 amide bonds. The van der Waals surface area contributed by atoms with E-state index in [0.29, 0.717) is 26.2 Å². The zero-order valence-corrected chi connectivity index (χ0v) is 14.4. The standard InChI is InChI=1S/C18H20N4O4/c1-26-15-4-2-3-14(12-15)20-7-9-21(10-8-20)18(23)13-5-6-16(19)17(11-13)22(24)25/h2-6,11-12H,7-10,19H2,1H3. The first-order valence-electron chi connectivity index (χ1n) is 8.22. The van der Waals surface area contributed by atoms with Gasteiger partial charge in [0.25, 0.3) is 11.6 Å². The van der Waals surface area contributed by atoms with Crippen LogP contribution in [0.15, 0.2) is 42.5 Å². The van der Waals surface area contributed by atoms with Crippen molar-refractivity contribution in [2.45, 2.75) is 0 Å². The lowest BCUT2D eigenvalue weighted by Crippen LogP contribution is -2.48. The number of rotatable bonds is 4. The van der Waals surface area contributed by atoms with Gasteiger partial charge in [-0.2, -0.15) is 0 Å². The van der Waals surface area contributed by atoms with Crippen LogP contribution in [0.5, 0.6) is 5.75 Å². The van der Waals surface area contributed by atoms with Crippen LogP contribution in [0.25, 0.3) is 0 Å². The molecule has 8 nitrogen and oxygen atoms in total. The molecule has 2 N–H and O–H groups in total. The molecule has 0 saturated carbocycles. The molecule has 1 fully saturated rings. The highest BCUT2D eigenvalue weighted by Crippen LogP contribution is 2.25. The maximum atomic E-state index is 12.7. The van der Waals surface area contributed by atoms with Gasteiger partial charge in [0, 0.05) is 49.6 Å². The first-order valence-corrected chi connectivity index (χ1v) is 8.22. The number of ether oxygens (including phenoxy) is 1. The molecular formula is C18H20N4O4. The number of hydrogen-bond acceptors (Lipinski definition) is 6. The number of piperazine rings is 1. The van der Waals surface area contributed by atoms with E-state index >= 15 is 0 Å². The minimum Gasteiger partial charge on any atom is -0.497 e. The summed E-state index contributed by atoms with van der Waals surface area (Å²) in [5, 5.41) is 11.0. The zero-order valence-electron chi connectivity index (χ0n) is 14.4. The van der Waals surface area contributed by atoms with E-state index in [9.17, 15) is 14.9 Å². The number of nitro benzene ring substituents is 1. The first-order chi connectivity index (χ1) is 12.5. The Bertz CT molecular complexity index is 832. The van der Waals surface area contributed by atoms with Gasteiger partial charge in [0.05, 0.1) is 12.0 Å². The second-order valence-electron chi connectivity index (χ2n) is 6.01. The van der Waals surface area contributed by atoms with Gasteiger partial charge in [0.15, 0.2) is 0 Å². The number of methoxy groups -OCH3 is 1. The van der Waals surface area contributed by atoms with Gasteiger partial charge < -0.3 is 20.3 Å². The third-order valence-corrected chi connectivity index (χ3v) is 4.46. The average molecular weight is 356 g/mol. The summed E-state index contributed by atoms with van der Waals surface area (Å²) in [5.41, 5.74) is 6.72. The van der Waals surface area contributed by atoms with Crippen LogP contribution in [0.1, 0.15) is 10.4 Å². The van der Waals surface area contributed by atoms with Crippen molar-refractivity contribution in [3.8, 4) is 5.75 Å². The number of benzene rings is 2. The lowest BCUT2D eigenvalue weighted by molar-refractivity contribution is -0.383. The Morgan fingerprint density at radius 2 is 1.88 bits per heavy atom. The minimum absolute atomic E-state index is 0.0504. The second-order valence-corrected chi connectivity index (χ2v) is 6.01. The van der Waals surface area contributed by atoms with Crippen LogP contribution in [0.2, 0.25) is 0 Å². The Morgan fingerprint density at radius 1 is 1.15 bits per heavy atom. The molecule has 0 atom stereocenters. The molecule has 0 spiro atoms. The van der Waals surface area contributed by atoms with Gasteiger partial charge in [0.1, 0.15) is 11.4 Å². The van der Waals surface area contributed by atoms with Gasteiger partial charge in [-0.25, -0.2) is 0 Å². The topological polar surface area (TPSA) is 102 Å². The highest BCUT2D eigenvalue weighted by Gasteiger charge is 2.24. The van der Waals surface area contributed by atoms with Crippen LogP contribution in [-0.2, 0) is 0 Å². The molecule has 2 aromatic rings. The summed E-state index contributed by atoms with van der Waals surface area (Å²) in [4.78, 5) is 27.0. The average Bonchev–Trinajstić information content (AvgIpc) is 2.67. The fraction of sp³-hybridized carbons (Fsp3) is 0.278. The van der Waals surface area contributed by atoms with E-state index in [0.717, 1.165) is 11.4 Å². The van der Waals surface area contributed by atoms with Crippen molar-refractivity contribution in [2.24, 2.45) is 0 Å². The smallest absolute Gasteiger partial charge is 0.292 e.